The number of nitrogens with one attached hydrogen (secondary N) is 1. The smallest absolute Gasteiger partial charge is 0.306 e. The summed E-state index contributed by atoms with van der Waals surface area (Å²) in [5.74, 6) is -0.244. The SMILES string of the molecule is CCOC(=O)CCc1ccc(NC(=O)C2(CN)CCOCC2)cc1. The largest absolute Gasteiger partial charge is 0.466 e. The molecule has 0 saturated carbocycles. The Morgan fingerprint density at radius 3 is 2.50 bits per heavy atom. The number of esters is 1. The molecule has 0 aromatic heterocycles. The molecule has 3 N–H and O–H groups in total. The number of aryl methyl sites for hydroxylation is 1. The normalized spacial score (nSPS) is 16.4. The van der Waals surface area contributed by atoms with Gasteiger partial charge in [-0.25, -0.2) is 0 Å². The van der Waals surface area contributed by atoms with Gasteiger partial charge in [-0.15, -0.1) is 0 Å². The lowest BCUT2D eigenvalue weighted by atomic mass is 9.79. The molecule has 0 aliphatic carbocycles. The Morgan fingerprint density at radius 2 is 1.92 bits per heavy atom. The quantitative estimate of drug-likeness (QED) is 0.743. The van der Waals surface area contributed by atoms with Crippen LogP contribution in [0.15, 0.2) is 24.3 Å². The maximum Gasteiger partial charge on any atom is 0.306 e. The average Bonchev–Trinajstić information content (AvgIpc) is 2.62. The molecule has 1 aromatic carbocycles. The summed E-state index contributed by atoms with van der Waals surface area (Å²) in [6.45, 7) is 3.65. The molecule has 6 heteroatoms. The summed E-state index contributed by atoms with van der Waals surface area (Å²) in [6.07, 6.45) is 2.27. The van der Waals surface area contributed by atoms with E-state index in [4.69, 9.17) is 15.2 Å². The molecule has 0 bridgehead atoms. The van der Waals surface area contributed by atoms with Crippen molar-refractivity contribution in [2.24, 2.45) is 11.1 Å². The van der Waals surface area contributed by atoms with Crippen molar-refractivity contribution < 1.29 is 19.1 Å². The van der Waals surface area contributed by atoms with Gasteiger partial charge in [0.1, 0.15) is 0 Å². The molecule has 2 rings (SSSR count). The predicted molar refractivity (Wildman–Crippen MR) is 91.6 cm³/mol. The third-order valence-corrected chi connectivity index (χ3v) is 4.46. The molecule has 1 heterocycles. The zero-order chi connectivity index (χ0) is 17.4. The molecule has 132 valence electrons. The number of amides is 1. The second-order valence-electron chi connectivity index (χ2n) is 6.05. The van der Waals surface area contributed by atoms with Gasteiger partial charge in [0.2, 0.25) is 5.91 Å². The summed E-state index contributed by atoms with van der Waals surface area (Å²) in [7, 11) is 0. The van der Waals surface area contributed by atoms with Crippen LogP contribution in [0.25, 0.3) is 0 Å². The van der Waals surface area contributed by atoms with Crippen molar-refractivity contribution in [1.82, 2.24) is 0 Å². The fraction of sp³-hybridized carbons (Fsp3) is 0.556. The van der Waals surface area contributed by atoms with Crippen molar-refractivity contribution in [1.29, 1.82) is 0 Å². The Balaban J connectivity index is 1.91. The number of carbonyl (C=O) groups excluding carboxylic acids is 2. The van der Waals surface area contributed by atoms with E-state index in [9.17, 15) is 9.59 Å². The van der Waals surface area contributed by atoms with Gasteiger partial charge in [0.05, 0.1) is 12.0 Å². The highest BCUT2D eigenvalue weighted by Gasteiger charge is 2.38. The summed E-state index contributed by atoms with van der Waals surface area (Å²) in [5.41, 5.74) is 7.07. The van der Waals surface area contributed by atoms with Crippen molar-refractivity contribution in [3.05, 3.63) is 29.8 Å². The van der Waals surface area contributed by atoms with Crippen LogP contribution in [-0.2, 0) is 25.5 Å². The highest BCUT2D eigenvalue weighted by Crippen LogP contribution is 2.30. The van der Waals surface area contributed by atoms with E-state index in [0.29, 0.717) is 52.0 Å². The summed E-state index contributed by atoms with van der Waals surface area (Å²) in [4.78, 5) is 24.0. The van der Waals surface area contributed by atoms with Gasteiger partial charge in [-0.1, -0.05) is 12.1 Å². The second-order valence-corrected chi connectivity index (χ2v) is 6.05. The highest BCUT2D eigenvalue weighted by atomic mass is 16.5. The Bertz CT molecular complexity index is 551. The lowest BCUT2D eigenvalue weighted by Crippen LogP contribution is -2.46. The molecular formula is C18H26N2O4. The lowest BCUT2D eigenvalue weighted by molar-refractivity contribution is -0.143. The van der Waals surface area contributed by atoms with Gasteiger partial charge in [-0.05, 0) is 43.9 Å². The minimum atomic E-state index is -0.541. The van der Waals surface area contributed by atoms with Crippen molar-refractivity contribution in [3.63, 3.8) is 0 Å². The molecule has 1 saturated heterocycles. The number of rotatable bonds is 7. The number of nitrogens with two attached hydrogens (primary N) is 1. The maximum atomic E-state index is 12.6. The van der Waals surface area contributed by atoms with Crippen LogP contribution in [0.1, 0.15) is 31.7 Å². The van der Waals surface area contributed by atoms with Crippen LogP contribution in [0.5, 0.6) is 0 Å². The molecule has 0 atom stereocenters. The van der Waals surface area contributed by atoms with Crippen LogP contribution >= 0.6 is 0 Å². The van der Waals surface area contributed by atoms with E-state index in [0.717, 1.165) is 11.3 Å². The maximum absolute atomic E-state index is 12.6. The Hall–Kier alpha value is -1.92. The van der Waals surface area contributed by atoms with E-state index < -0.39 is 5.41 Å². The minimum absolute atomic E-state index is 0.0485. The monoisotopic (exact) mass is 334 g/mol. The topological polar surface area (TPSA) is 90.7 Å². The summed E-state index contributed by atoms with van der Waals surface area (Å²) in [5, 5.41) is 2.95. The van der Waals surface area contributed by atoms with Gasteiger partial charge in [0.25, 0.3) is 0 Å². The van der Waals surface area contributed by atoms with Crippen LogP contribution in [0, 0.1) is 5.41 Å². The number of carbonyl (C=O) groups is 2. The number of hydrogen-bond donors (Lipinski definition) is 2. The van der Waals surface area contributed by atoms with E-state index in [1.54, 1.807) is 6.92 Å². The average molecular weight is 334 g/mol. The van der Waals surface area contributed by atoms with Gasteiger partial charge in [0, 0.05) is 31.9 Å². The first-order valence-electron chi connectivity index (χ1n) is 8.43. The molecule has 1 fully saturated rings. The molecule has 1 aromatic rings. The number of benzene rings is 1. The standard InChI is InChI=1S/C18H26N2O4/c1-2-24-16(21)8-5-14-3-6-15(7-4-14)20-17(22)18(13-19)9-11-23-12-10-18/h3-4,6-7H,2,5,8-13,19H2,1H3,(H,20,22). The van der Waals surface area contributed by atoms with E-state index in [-0.39, 0.29) is 11.9 Å². The summed E-state index contributed by atoms with van der Waals surface area (Å²) in [6, 6.07) is 7.52. The van der Waals surface area contributed by atoms with Crippen molar-refractivity contribution in [3.8, 4) is 0 Å². The molecular weight excluding hydrogens is 308 g/mol. The third kappa shape index (κ3) is 4.79. The van der Waals surface area contributed by atoms with Gasteiger partial charge in [0.15, 0.2) is 0 Å². The van der Waals surface area contributed by atoms with Crippen molar-refractivity contribution in [2.75, 3.05) is 31.7 Å². The molecule has 1 aliphatic heterocycles. The first-order valence-corrected chi connectivity index (χ1v) is 8.43. The zero-order valence-corrected chi connectivity index (χ0v) is 14.2. The van der Waals surface area contributed by atoms with Gasteiger partial charge < -0.3 is 20.5 Å². The highest BCUT2D eigenvalue weighted by molar-refractivity contribution is 5.95. The van der Waals surface area contributed by atoms with E-state index in [1.807, 2.05) is 24.3 Å². The first kappa shape index (κ1) is 18.4. The molecule has 1 aliphatic rings. The Morgan fingerprint density at radius 1 is 1.25 bits per heavy atom. The molecule has 0 unspecified atom stereocenters. The second kappa shape index (κ2) is 8.80. The third-order valence-electron chi connectivity index (χ3n) is 4.46. The zero-order valence-electron chi connectivity index (χ0n) is 14.2. The van der Waals surface area contributed by atoms with Crippen LogP contribution in [0.4, 0.5) is 5.69 Å². The molecule has 0 radical (unpaired) electrons. The number of ether oxygens (including phenoxy) is 2. The molecule has 6 nitrogen and oxygen atoms in total. The number of anilines is 1. The molecule has 1 amide bonds. The lowest BCUT2D eigenvalue weighted by Gasteiger charge is -2.34. The van der Waals surface area contributed by atoms with Crippen LogP contribution in [0.2, 0.25) is 0 Å². The van der Waals surface area contributed by atoms with Crippen molar-refractivity contribution in [2.45, 2.75) is 32.6 Å². The fourth-order valence-electron chi connectivity index (χ4n) is 2.78. The number of hydrogen-bond acceptors (Lipinski definition) is 5. The van der Waals surface area contributed by atoms with Crippen LogP contribution in [0.3, 0.4) is 0 Å². The fourth-order valence-corrected chi connectivity index (χ4v) is 2.78. The van der Waals surface area contributed by atoms with E-state index in [1.165, 1.54) is 0 Å². The Kier molecular flexibility index (Phi) is 6.75. The van der Waals surface area contributed by atoms with E-state index >= 15 is 0 Å². The Labute approximate surface area is 142 Å². The van der Waals surface area contributed by atoms with Gasteiger partial charge in [-0.3, -0.25) is 9.59 Å². The summed E-state index contributed by atoms with van der Waals surface area (Å²) < 4.78 is 10.2. The minimum Gasteiger partial charge on any atom is -0.466 e. The summed E-state index contributed by atoms with van der Waals surface area (Å²) >= 11 is 0. The van der Waals surface area contributed by atoms with Gasteiger partial charge >= 0.3 is 5.97 Å². The van der Waals surface area contributed by atoms with Crippen LogP contribution < -0.4 is 11.1 Å². The molecule has 24 heavy (non-hydrogen) atoms. The predicted octanol–water partition coefficient (Wildman–Crippen LogP) is 1.88. The van der Waals surface area contributed by atoms with Crippen LogP contribution in [-0.4, -0.2) is 38.2 Å². The molecule has 0 spiro atoms. The van der Waals surface area contributed by atoms with Crippen molar-refractivity contribution >= 4 is 17.6 Å². The first-order chi connectivity index (χ1) is 11.6. The van der Waals surface area contributed by atoms with Gasteiger partial charge in [-0.2, -0.15) is 0 Å². The van der Waals surface area contributed by atoms with E-state index in [2.05, 4.69) is 5.32 Å².